The molecule has 21 heavy (non-hydrogen) atoms. The molecular formula is C18H23NO2. The van der Waals surface area contributed by atoms with Gasteiger partial charge in [-0.25, -0.2) is 0 Å². The summed E-state index contributed by atoms with van der Waals surface area (Å²) in [4.78, 5) is 11.7. The third-order valence-corrected chi connectivity index (χ3v) is 5.89. The van der Waals surface area contributed by atoms with Crippen molar-refractivity contribution in [1.82, 2.24) is 0 Å². The number of fused-ring (bicyclic) bond motifs is 2. The summed E-state index contributed by atoms with van der Waals surface area (Å²) < 4.78 is 0. The summed E-state index contributed by atoms with van der Waals surface area (Å²) in [6, 6.07) is 8.44. The molecule has 0 bridgehead atoms. The lowest BCUT2D eigenvalue weighted by molar-refractivity contribution is -0.149. The monoisotopic (exact) mass is 285 g/mol. The average molecular weight is 285 g/mol. The normalized spacial score (nSPS) is 37.7. The molecule has 3 nitrogen and oxygen atoms in total. The van der Waals surface area contributed by atoms with Gasteiger partial charge in [0.15, 0.2) is 0 Å². The van der Waals surface area contributed by atoms with Gasteiger partial charge in [0.1, 0.15) is 5.54 Å². The topological polar surface area (TPSA) is 63.3 Å². The van der Waals surface area contributed by atoms with Gasteiger partial charge < -0.3 is 10.8 Å². The second kappa shape index (κ2) is 4.70. The Morgan fingerprint density at radius 2 is 2.10 bits per heavy atom. The van der Waals surface area contributed by atoms with Crippen LogP contribution in [0.25, 0.3) is 6.08 Å². The summed E-state index contributed by atoms with van der Waals surface area (Å²) in [7, 11) is 0. The van der Waals surface area contributed by atoms with Crippen LogP contribution in [0, 0.1) is 11.8 Å². The number of benzene rings is 1. The molecule has 0 heterocycles. The molecule has 1 aromatic carbocycles. The second-order valence-corrected chi connectivity index (χ2v) is 6.61. The van der Waals surface area contributed by atoms with E-state index >= 15 is 0 Å². The number of nitrogens with two attached hydrogens (primary N) is 1. The van der Waals surface area contributed by atoms with Crippen LogP contribution in [0.5, 0.6) is 0 Å². The zero-order valence-corrected chi connectivity index (χ0v) is 12.7. The molecule has 3 rings (SSSR count). The Balaban J connectivity index is 2.06. The Kier molecular flexibility index (Phi) is 3.21. The van der Waals surface area contributed by atoms with Gasteiger partial charge >= 0.3 is 5.97 Å². The zero-order valence-electron chi connectivity index (χ0n) is 12.7. The van der Waals surface area contributed by atoms with E-state index in [1.54, 1.807) is 0 Å². The molecule has 2 aliphatic carbocycles. The maximum atomic E-state index is 11.7. The third kappa shape index (κ3) is 1.80. The van der Waals surface area contributed by atoms with E-state index in [9.17, 15) is 9.90 Å². The minimum absolute atomic E-state index is 0.0143. The fourth-order valence-electron chi connectivity index (χ4n) is 4.62. The number of rotatable bonds is 2. The van der Waals surface area contributed by atoms with Crippen molar-refractivity contribution in [2.24, 2.45) is 17.6 Å². The van der Waals surface area contributed by atoms with Crippen molar-refractivity contribution in [1.29, 1.82) is 0 Å². The molecule has 0 saturated heterocycles. The van der Waals surface area contributed by atoms with Gasteiger partial charge in [0, 0.05) is 5.41 Å². The van der Waals surface area contributed by atoms with Gasteiger partial charge in [-0.1, -0.05) is 56.7 Å². The highest BCUT2D eigenvalue weighted by Gasteiger charge is 2.55. The summed E-state index contributed by atoms with van der Waals surface area (Å²) >= 11 is 0. The van der Waals surface area contributed by atoms with Crippen LogP contribution in [0.3, 0.4) is 0 Å². The smallest absolute Gasteiger partial charge is 0.323 e. The van der Waals surface area contributed by atoms with Gasteiger partial charge in [0.2, 0.25) is 0 Å². The molecule has 112 valence electrons. The lowest BCUT2D eigenvalue weighted by atomic mass is 9.54. The number of allylic oxidation sites excluding steroid dienone is 1. The number of carbonyl (C=O) groups is 1. The predicted molar refractivity (Wildman–Crippen MR) is 83.9 cm³/mol. The van der Waals surface area contributed by atoms with Gasteiger partial charge in [-0.2, -0.15) is 0 Å². The Morgan fingerprint density at radius 1 is 1.38 bits per heavy atom. The van der Waals surface area contributed by atoms with Crippen LogP contribution in [0.1, 0.15) is 44.2 Å². The summed E-state index contributed by atoms with van der Waals surface area (Å²) in [5.41, 5.74) is 7.76. The van der Waals surface area contributed by atoms with Gasteiger partial charge in [-0.05, 0) is 35.8 Å². The molecule has 1 fully saturated rings. The van der Waals surface area contributed by atoms with Gasteiger partial charge in [0.05, 0.1) is 0 Å². The molecule has 1 spiro atoms. The summed E-state index contributed by atoms with van der Waals surface area (Å²) in [6.45, 7) is 4.22. The number of hydrogen-bond acceptors (Lipinski definition) is 2. The number of aliphatic carboxylic acids is 1. The Morgan fingerprint density at radius 3 is 2.76 bits per heavy atom. The molecule has 0 aliphatic heterocycles. The van der Waals surface area contributed by atoms with E-state index in [1.807, 2.05) is 0 Å². The fraction of sp³-hybridized carbons (Fsp3) is 0.500. The van der Waals surface area contributed by atoms with Crippen LogP contribution in [0.15, 0.2) is 30.3 Å². The molecule has 0 amide bonds. The highest BCUT2D eigenvalue weighted by Crippen LogP contribution is 2.54. The van der Waals surface area contributed by atoms with Crippen LogP contribution in [-0.4, -0.2) is 16.6 Å². The molecular weight excluding hydrogens is 262 g/mol. The van der Waals surface area contributed by atoms with Crippen LogP contribution in [0.4, 0.5) is 0 Å². The van der Waals surface area contributed by atoms with Gasteiger partial charge in [0.25, 0.3) is 0 Å². The summed E-state index contributed by atoms with van der Waals surface area (Å²) in [5.74, 6) is -0.650. The van der Waals surface area contributed by atoms with Crippen molar-refractivity contribution in [2.75, 3.05) is 0 Å². The van der Waals surface area contributed by atoms with Crippen LogP contribution in [0.2, 0.25) is 0 Å². The number of hydrogen-bond donors (Lipinski definition) is 2. The Hall–Kier alpha value is -1.61. The number of carboxylic acids is 1. The fourth-order valence-corrected chi connectivity index (χ4v) is 4.62. The second-order valence-electron chi connectivity index (χ2n) is 6.61. The van der Waals surface area contributed by atoms with E-state index in [2.05, 4.69) is 50.3 Å². The highest BCUT2D eigenvalue weighted by molar-refractivity contribution is 5.80. The van der Waals surface area contributed by atoms with Crippen LogP contribution >= 0.6 is 0 Å². The van der Waals surface area contributed by atoms with Gasteiger partial charge in [-0.15, -0.1) is 0 Å². The van der Waals surface area contributed by atoms with Crippen LogP contribution < -0.4 is 5.73 Å². The van der Waals surface area contributed by atoms with E-state index < -0.39 is 11.5 Å². The third-order valence-electron chi connectivity index (χ3n) is 5.89. The highest BCUT2D eigenvalue weighted by atomic mass is 16.4. The first kappa shape index (κ1) is 14.3. The van der Waals surface area contributed by atoms with Crippen molar-refractivity contribution in [3.63, 3.8) is 0 Å². The summed E-state index contributed by atoms with van der Waals surface area (Å²) in [5, 5.41) is 9.60. The quantitative estimate of drug-likeness (QED) is 0.877. The minimum Gasteiger partial charge on any atom is -0.480 e. The van der Waals surface area contributed by atoms with Gasteiger partial charge in [-0.3, -0.25) is 4.79 Å². The Bertz CT molecular complexity index is 609. The van der Waals surface area contributed by atoms with E-state index in [0.717, 1.165) is 12.8 Å². The maximum Gasteiger partial charge on any atom is 0.323 e. The van der Waals surface area contributed by atoms with Crippen molar-refractivity contribution in [2.45, 2.75) is 44.1 Å². The molecule has 1 aromatic rings. The SMILES string of the molecule is CCC1C(C)C2(C=Cc3ccccc32)CCC1(N)C(=O)O. The zero-order chi connectivity index (χ0) is 15.3. The standard InChI is InChI=1S/C18H23NO2/c1-3-14-12(2)17(10-11-18(14,19)16(20)21)9-8-13-6-4-5-7-15(13)17/h4-9,12,14H,3,10-11,19H2,1-2H3,(H,20,21). The lowest BCUT2D eigenvalue weighted by Gasteiger charge is -2.51. The van der Waals surface area contributed by atoms with E-state index in [4.69, 9.17) is 5.73 Å². The maximum absolute atomic E-state index is 11.7. The van der Waals surface area contributed by atoms with Crippen molar-refractivity contribution < 1.29 is 9.90 Å². The minimum atomic E-state index is -1.09. The largest absolute Gasteiger partial charge is 0.480 e. The van der Waals surface area contributed by atoms with Crippen molar-refractivity contribution in [3.8, 4) is 0 Å². The van der Waals surface area contributed by atoms with E-state index in [-0.39, 0.29) is 17.3 Å². The molecule has 4 unspecified atom stereocenters. The van der Waals surface area contributed by atoms with E-state index in [1.165, 1.54) is 11.1 Å². The average Bonchev–Trinajstić information content (AvgIpc) is 2.84. The molecule has 3 heteroatoms. The molecule has 4 atom stereocenters. The molecule has 3 N–H and O–H groups in total. The van der Waals surface area contributed by atoms with Crippen molar-refractivity contribution in [3.05, 3.63) is 41.5 Å². The molecule has 0 radical (unpaired) electrons. The first-order valence-electron chi connectivity index (χ1n) is 7.76. The Labute approximate surface area is 125 Å². The number of carboxylic acid groups (broad SMARTS) is 1. The first-order valence-corrected chi connectivity index (χ1v) is 7.76. The predicted octanol–water partition coefficient (Wildman–Crippen LogP) is 3.19. The van der Waals surface area contributed by atoms with Crippen molar-refractivity contribution >= 4 is 12.0 Å². The molecule has 0 aromatic heterocycles. The van der Waals surface area contributed by atoms with E-state index in [0.29, 0.717) is 6.42 Å². The molecule has 2 aliphatic rings. The van der Waals surface area contributed by atoms with Crippen LogP contribution in [-0.2, 0) is 10.2 Å². The lowest BCUT2D eigenvalue weighted by Crippen LogP contribution is -2.62. The first-order chi connectivity index (χ1) is 9.95. The molecule has 1 saturated carbocycles. The summed E-state index contributed by atoms with van der Waals surface area (Å²) in [6.07, 6.45) is 6.60.